The first-order valence-corrected chi connectivity index (χ1v) is 25.0. The van der Waals surface area contributed by atoms with E-state index in [0.717, 1.165) is 45.3 Å². The second-order valence-electron chi connectivity index (χ2n) is 13.6. The van der Waals surface area contributed by atoms with Crippen LogP contribution in [0.5, 0.6) is 0 Å². The topological polar surface area (TPSA) is 332 Å². The van der Waals surface area contributed by atoms with Gasteiger partial charge in [-0.2, -0.15) is 13.6 Å². The number of hydrogen-bond donors (Lipinski definition) is 6. The zero-order chi connectivity index (χ0) is 41.1. The number of nitrogens with zero attached hydrogens (tertiary/aromatic N) is 6. The van der Waals surface area contributed by atoms with Gasteiger partial charge in [0.05, 0.1) is 38.1 Å². The standard InChI is InChI=1S/C25H35N9O16P2S4/c1-11-5-31(23(38)30-18(11)36)20-13-15(35)24(48-20,6-33(13)55(3,41)42)8-47-52(40,54)50-16-14-21(32-10-27-12-17(32)28-22(26)29-19(12)37)49-25(16,7-34(14)56(4,43)44)9-46-51(39,53)45-2/h5,10,13-16,20-21,35H,6-9H2,1-4H3,(H,39,53)(H,40,54)(H,30,36,38)(H3,26,28,29,37)/t13-,14-,15?,16?,20+,21+,24+,25+,51?,52?/m0/s1. The van der Waals surface area contributed by atoms with E-state index in [1.807, 2.05) is 0 Å². The minimum Gasteiger partial charge on any atom is -0.388 e. The molecule has 4 aliphatic rings. The summed E-state index contributed by atoms with van der Waals surface area (Å²) in [5, 5.41) is 11.5. The summed E-state index contributed by atoms with van der Waals surface area (Å²) in [6.45, 7) is -10.0. The zero-order valence-electron chi connectivity index (χ0n) is 29.4. The number of aryl methyl sites for hydroxylation is 1. The normalized spacial score (nSPS) is 33.0. The molecule has 4 unspecified atom stereocenters. The second-order valence-corrected chi connectivity index (χ2v) is 23.3. The summed E-state index contributed by atoms with van der Waals surface area (Å²) in [5.41, 5.74) is -0.840. The summed E-state index contributed by atoms with van der Waals surface area (Å²) in [4.78, 5) is 60.5. The predicted molar refractivity (Wildman–Crippen MR) is 198 cm³/mol. The number of aromatic amines is 2. The van der Waals surface area contributed by atoms with E-state index in [9.17, 15) is 45.8 Å². The maximum absolute atomic E-state index is 14.3. The van der Waals surface area contributed by atoms with Gasteiger partial charge in [-0.15, -0.1) is 0 Å². The number of sulfonamides is 2. The average Bonchev–Trinajstić information content (AvgIpc) is 3.86. The number of aliphatic hydroxyl groups excluding tert-OH is 1. The van der Waals surface area contributed by atoms with Crippen molar-refractivity contribution < 1.29 is 59.0 Å². The first-order chi connectivity index (χ1) is 25.8. The maximum atomic E-state index is 14.3. The van der Waals surface area contributed by atoms with Gasteiger partial charge in [0.15, 0.2) is 23.6 Å². The number of hydrogen-bond acceptors (Lipinski definition) is 19. The number of thiol groups is 1. The van der Waals surface area contributed by atoms with E-state index in [0.29, 0.717) is 0 Å². The van der Waals surface area contributed by atoms with Crippen molar-refractivity contribution in [1.29, 1.82) is 0 Å². The van der Waals surface area contributed by atoms with Gasteiger partial charge in [-0.25, -0.2) is 31.2 Å². The van der Waals surface area contributed by atoms with Crippen LogP contribution in [0.4, 0.5) is 5.95 Å². The van der Waals surface area contributed by atoms with E-state index in [4.69, 9.17) is 45.1 Å². The minimum absolute atomic E-state index is 0.0690. The number of imidazole rings is 1. The largest absolute Gasteiger partial charge is 0.388 e. The first-order valence-electron chi connectivity index (χ1n) is 16.0. The molecular weight excluding hydrogens is 873 g/mol. The van der Waals surface area contributed by atoms with Crippen LogP contribution < -0.4 is 22.5 Å². The van der Waals surface area contributed by atoms with Gasteiger partial charge in [-0.3, -0.25) is 37.7 Å². The van der Waals surface area contributed by atoms with Crippen molar-refractivity contribution in [3.05, 3.63) is 49.3 Å². The Morgan fingerprint density at radius 1 is 1.02 bits per heavy atom. The van der Waals surface area contributed by atoms with E-state index < -0.39 is 125 Å². The highest BCUT2D eigenvalue weighted by atomic mass is 32.7. The Morgan fingerprint density at radius 2 is 1.61 bits per heavy atom. The van der Waals surface area contributed by atoms with Crippen LogP contribution in [0.2, 0.25) is 0 Å². The summed E-state index contributed by atoms with van der Waals surface area (Å²) in [6.07, 6.45) is -2.30. The lowest BCUT2D eigenvalue weighted by molar-refractivity contribution is -0.144. The maximum Gasteiger partial charge on any atom is 0.386 e. The Bertz CT molecular complexity index is 2620. The van der Waals surface area contributed by atoms with Gasteiger partial charge >= 0.3 is 19.2 Å². The molecule has 3 aromatic heterocycles. The second kappa shape index (κ2) is 13.8. The quantitative estimate of drug-likeness (QED) is 0.0738. The molecule has 0 saturated carbocycles. The monoisotopic (exact) mass is 907 g/mol. The molecule has 310 valence electrons. The number of anilines is 1. The summed E-state index contributed by atoms with van der Waals surface area (Å²) < 4.78 is 105. The molecule has 7 rings (SSSR count). The third kappa shape index (κ3) is 7.07. The molecule has 31 heteroatoms. The van der Waals surface area contributed by atoms with Crippen LogP contribution in [-0.2, 0) is 64.0 Å². The van der Waals surface area contributed by atoms with Crippen LogP contribution in [-0.4, -0.2) is 146 Å². The van der Waals surface area contributed by atoms with Crippen molar-refractivity contribution in [1.82, 2.24) is 37.7 Å². The third-order valence-corrected chi connectivity index (χ3v) is 15.6. The average molecular weight is 908 g/mol. The lowest BCUT2D eigenvalue weighted by atomic mass is 10.0. The SMILES string of the molecule is COP(O)(=S)OC[C@]12CN(S(C)(=O)=O)[C@@H](C1OP(=O)(S)OC[C@]13CN(S(C)(=O)=O)[C@@H](C1O)[C@H](n1cc(C)c(=O)[nH]c1=O)O3)[C@H](n1cnc3c(=O)[nH]c(N)nc31)O2. The molecule has 0 amide bonds. The lowest BCUT2D eigenvalue weighted by Gasteiger charge is -2.36. The van der Waals surface area contributed by atoms with E-state index >= 15 is 0 Å². The van der Waals surface area contributed by atoms with Crippen LogP contribution >= 0.6 is 25.8 Å². The molecule has 4 bridgehead atoms. The minimum atomic E-state index is -4.79. The summed E-state index contributed by atoms with van der Waals surface area (Å²) in [6, 6.07) is -2.87. The molecule has 0 aliphatic carbocycles. The van der Waals surface area contributed by atoms with Gasteiger partial charge in [0.25, 0.3) is 11.1 Å². The number of nitrogens with one attached hydrogen (secondary N) is 2. The molecule has 6 N–H and O–H groups in total. The van der Waals surface area contributed by atoms with E-state index in [1.54, 1.807) is 0 Å². The number of nitrogens with two attached hydrogens (primary N) is 1. The Hall–Kier alpha value is -2.44. The van der Waals surface area contributed by atoms with Crippen molar-refractivity contribution in [2.75, 3.05) is 51.7 Å². The van der Waals surface area contributed by atoms with Gasteiger partial charge in [0.2, 0.25) is 26.0 Å². The summed E-state index contributed by atoms with van der Waals surface area (Å²) in [7, 11) is -7.20. The fraction of sp³-hybridized carbons (Fsp3) is 0.640. The van der Waals surface area contributed by atoms with Crippen molar-refractivity contribution in [3.63, 3.8) is 0 Å². The Kier molecular flexibility index (Phi) is 10.3. The van der Waals surface area contributed by atoms with Crippen molar-refractivity contribution >= 4 is 74.7 Å². The van der Waals surface area contributed by atoms with Crippen LogP contribution in [0, 0.1) is 6.92 Å². The summed E-state index contributed by atoms with van der Waals surface area (Å²) in [5.74, 6) is -0.311. The highest BCUT2D eigenvalue weighted by Gasteiger charge is 2.70. The highest BCUT2D eigenvalue weighted by molar-refractivity contribution is 8.44. The molecule has 56 heavy (non-hydrogen) atoms. The van der Waals surface area contributed by atoms with Crippen molar-refractivity contribution in [2.24, 2.45) is 0 Å². The number of rotatable bonds is 13. The predicted octanol–water partition coefficient (Wildman–Crippen LogP) is -2.94. The highest BCUT2D eigenvalue weighted by Crippen LogP contribution is 2.62. The molecule has 4 aliphatic heterocycles. The van der Waals surface area contributed by atoms with Crippen LogP contribution in [0.15, 0.2) is 26.9 Å². The van der Waals surface area contributed by atoms with E-state index in [2.05, 4.69) is 32.2 Å². The molecule has 25 nitrogen and oxygen atoms in total. The number of aromatic nitrogens is 6. The van der Waals surface area contributed by atoms with Crippen molar-refractivity contribution in [2.45, 2.75) is 54.9 Å². The number of aliphatic hydroxyl groups is 1. The number of fused-ring (bicyclic) bond motifs is 5. The number of nitrogen functional groups attached to an aromatic ring is 1. The van der Waals surface area contributed by atoms with Crippen LogP contribution in [0.1, 0.15) is 18.0 Å². The van der Waals surface area contributed by atoms with Crippen LogP contribution in [0.3, 0.4) is 0 Å². The fourth-order valence-electron chi connectivity index (χ4n) is 7.39. The van der Waals surface area contributed by atoms with Gasteiger partial charge in [0, 0.05) is 32.0 Å². The molecule has 0 aromatic carbocycles. The molecule has 4 saturated heterocycles. The Morgan fingerprint density at radius 3 is 2.25 bits per heavy atom. The van der Waals surface area contributed by atoms with E-state index in [1.165, 1.54) is 11.5 Å². The van der Waals surface area contributed by atoms with Gasteiger partial charge < -0.3 is 34.3 Å². The lowest BCUT2D eigenvalue weighted by Crippen LogP contribution is -2.51. The molecule has 10 atom stereocenters. The zero-order valence-corrected chi connectivity index (χ0v) is 34.5. The molecule has 7 heterocycles. The molecule has 0 radical (unpaired) electrons. The number of H-pyrrole nitrogens is 2. The number of morpholine rings is 2. The molecular formula is C25H35N9O16P2S4. The van der Waals surface area contributed by atoms with Crippen LogP contribution in [0.25, 0.3) is 11.2 Å². The smallest absolute Gasteiger partial charge is 0.386 e. The van der Waals surface area contributed by atoms with Crippen molar-refractivity contribution in [3.8, 4) is 0 Å². The number of ether oxygens (including phenoxy) is 2. The first kappa shape index (κ1) is 41.7. The van der Waals surface area contributed by atoms with Gasteiger partial charge in [-0.1, -0.05) is 12.2 Å². The summed E-state index contributed by atoms with van der Waals surface area (Å²) >= 11 is 9.14. The Labute approximate surface area is 326 Å². The molecule has 3 aromatic rings. The molecule has 0 spiro atoms. The van der Waals surface area contributed by atoms with Gasteiger partial charge in [0.1, 0.15) is 29.5 Å². The third-order valence-electron chi connectivity index (χ3n) is 9.92. The Balaban J connectivity index is 1.24. The fourth-order valence-corrected chi connectivity index (χ4v) is 11.8. The molecule has 4 fully saturated rings. The van der Waals surface area contributed by atoms with Gasteiger partial charge in [-0.05, 0) is 18.7 Å². The van der Waals surface area contributed by atoms with E-state index in [-0.39, 0.29) is 22.7 Å².